The summed E-state index contributed by atoms with van der Waals surface area (Å²) in [5, 5.41) is 2.61. The summed E-state index contributed by atoms with van der Waals surface area (Å²) in [6.45, 7) is 10.1. The number of nitrogens with one attached hydrogen (secondary N) is 2. The molecule has 1 saturated heterocycles. The molecule has 30 heavy (non-hydrogen) atoms. The lowest BCUT2D eigenvalue weighted by molar-refractivity contribution is -0.120. The van der Waals surface area contributed by atoms with Crippen LogP contribution in [0.15, 0.2) is 24.3 Å². The third-order valence-corrected chi connectivity index (χ3v) is 8.32. The Morgan fingerprint density at radius 1 is 1.00 bits per heavy atom. The molecular weight excluding hydrogens is 398 g/mol. The first kappa shape index (κ1) is 23.1. The van der Waals surface area contributed by atoms with Gasteiger partial charge in [-0.15, -0.1) is 0 Å². The Hall–Kier alpha value is -1.60. The van der Waals surface area contributed by atoms with E-state index in [0.29, 0.717) is 37.5 Å². The Labute approximate surface area is 181 Å². The number of hydrogen-bond acceptors (Lipinski definition) is 4. The molecule has 0 aromatic heterocycles. The lowest BCUT2D eigenvalue weighted by atomic mass is 9.86. The third kappa shape index (κ3) is 5.97. The second kappa shape index (κ2) is 9.69. The summed E-state index contributed by atoms with van der Waals surface area (Å²) in [6.07, 6.45) is 4.10. The van der Waals surface area contributed by atoms with Gasteiger partial charge < -0.3 is 10.2 Å². The third-order valence-electron chi connectivity index (χ3n) is 6.42. The van der Waals surface area contributed by atoms with Gasteiger partial charge in [-0.1, -0.05) is 13.8 Å². The van der Waals surface area contributed by atoms with Gasteiger partial charge in [-0.3, -0.25) is 4.79 Å². The molecule has 0 bridgehead atoms. The SMILES string of the molecule is CC(C)S(=O)(=O)NC1CCC(C(=O)Nc2ccc(N3C[C@H](C)C[C@H](C)C3)cc2)CC1. The second-order valence-corrected chi connectivity index (χ2v) is 11.9. The molecule has 1 heterocycles. The van der Waals surface area contributed by atoms with Gasteiger partial charge in [-0.25, -0.2) is 13.1 Å². The number of hydrogen-bond donors (Lipinski definition) is 2. The number of piperidine rings is 1. The van der Waals surface area contributed by atoms with Crippen molar-refractivity contribution < 1.29 is 13.2 Å². The summed E-state index contributed by atoms with van der Waals surface area (Å²) < 4.78 is 26.9. The van der Waals surface area contributed by atoms with Crippen LogP contribution in [0.3, 0.4) is 0 Å². The highest BCUT2D eigenvalue weighted by atomic mass is 32.2. The minimum atomic E-state index is -3.26. The Morgan fingerprint density at radius 3 is 2.10 bits per heavy atom. The molecule has 2 fully saturated rings. The fraction of sp³-hybridized carbons (Fsp3) is 0.696. The van der Waals surface area contributed by atoms with Crippen molar-refractivity contribution in [2.75, 3.05) is 23.3 Å². The van der Waals surface area contributed by atoms with Gasteiger partial charge in [-0.05, 0) is 82.1 Å². The molecule has 2 aliphatic rings. The van der Waals surface area contributed by atoms with E-state index in [0.717, 1.165) is 18.8 Å². The molecule has 1 aromatic carbocycles. The molecule has 7 heteroatoms. The van der Waals surface area contributed by atoms with E-state index >= 15 is 0 Å². The zero-order valence-corrected chi connectivity index (χ0v) is 19.5. The molecule has 0 unspecified atom stereocenters. The first-order valence-electron chi connectivity index (χ1n) is 11.3. The van der Waals surface area contributed by atoms with E-state index in [1.165, 1.54) is 12.1 Å². The molecule has 1 aliphatic carbocycles. The number of amides is 1. The monoisotopic (exact) mass is 435 g/mol. The zero-order valence-electron chi connectivity index (χ0n) is 18.7. The number of rotatable bonds is 6. The van der Waals surface area contributed by atoms with E-state index in [4.69, 9.17) is 0 Å². The predicted molar refractivity (Wildman–Crippen MR) is 123 cm³/mol. The first-order chi connectivity index (χ1) is 14.1. The van der Waals surface area contributed by atoms with E-state index in [2.05, 4.69) is 40.9 Å². The maximum Gasteiger partial charge on any atom is 0.227 e. The van der Waals surface area contributed by atoms with Crippen LogP contribution in [0.4, 0.5) is 11.4 Å². The summed E-state index contributed by atoms with van der Waals surface area (Å²) in [6, 6.07) is 8.10. The Bertz CT molecular complexity index is 805. The van der Waals surface area contributed by atoms with Crippen molar-refractivity contribution in [3.63, 3.8) is 0 Å². The summed E-state index contributed by atoms with van der Waals surface area (Å²) in [5.74, 6) is 1.38. The minimum Gasteiger partial charge on any atom is -0.371 e. The van der Waals surface area contributed by atoms with E-state index < -0.39 is 15.3 Å². The molecule has 1 amide bonds. The number of carbonyl (C=O) groups excluding carboxylic acids is 1. The van der Waals surface area contributed by atoms with Crippen LogP contribution in [-0.2, 0) is 14.8 Å². The number of carbonyl (C=O) groups is 1. The highest BCUT2D eigenvalue weighted by Gasteiger charge is 2.29. The number of benzene rings is 1. The van der Waals surface area contributed by atoms with E-state index in [1.54, 1.807) is 13.8 Å². The Kier molecular flexibility index (Phi) is 7.45. The fourth-order valence-corrected chi connectivity index (χ4v) is 5.69. The van der Waals surface area contributed by atoms with Crippen molar-refractivity contribution in [2.45, 2.75) is 71.1 Å². The molecule has 168 valence electrons. The quantitative estimate of drug-likeness (QED) is 0.708. The van der Waals surface area contributed by atoms with Crippen molar-refractivity contribution in [1.29, 1.82) is 0 Å². The molecule has 3 rings (SSSR count). The van der Waals surface area contributed by atoms with Gasteiger partial charge >= 0.3 is 0 Å². The van der Waals surface area contributed by atoms with Crippen LogP contribution in [0.5, 0.6) is 0 Å². The van der Waals surface area contributed by atoms with Crippen LogP contribution >= 0.6 is 0 Å². The lowest BCUT2D eigenvalue weighted by Crippen LogP contribution is -2.42. The summed E-state index contributed by atoms with van der Waals surface area (Å²) >= 11 is 0. The summed E-state index contributed by atoms with van der Waals surface area (Å²) in [4.78, 5) is 15.1. The van der Waals surface area contributed by atoms with Gasteiger partial charge in [0.2, 0.25) is 15.9 Å². The number of sulfonamides is 1. The van der Waals surface area contributed by atoms with Gasteiger partial charge in [0.05, 0.1) is 5.25 Å². The highest BCUT2D eigenvalue weighted by Crippen LogP contribution is 2.29. The molecule has 1 saturated carbocycles. The van der Waals surface area contributed by atoms with Crippen molar-refractivity contribution in [1.82, 2.24) is 4.72 Å². The van der Waals surface area contributed by atoms with Crippen LogP contribution in [0.1, 0.15) is 59.8 Å². The molecule has 6 nitrogen and oxygen atoms in total. The predicted octanol–water partition coefficient (Wildman–Crippen LogP) is 3.99. The standard InChI is InChI=1S/C23H37N3O3S/c1-16(2)30(28,29)25-21-7-5-19(6-8-21)23(27)24-20-9-11-22(12-10-20)26-14-17(3)13-18(4)15-26/h9-12,16-19,21,25H,5-8,13-15H2,1-4H3,(H,24,27)/t17-,18+,19?,21?. The number of anilines is 2. The first-order valence-corrected chi connectivity index (χ1v) is 12.9. The molecule has 0 radical (unpaired) electrons. The normalized spacial score (nSPS) is 27.8. The van der Waals surface area contributed by atoms with Gasteiger partial charge in [0.25, 0.3) is 0 Å². The van der Waals surface area contributed by atoms with Crippen molar-refractivity contribution in [3.8, 4) is 0 Å². The molecule has 2 atom stereocenters. The highest BCUT2D eigenvalue weighted by molar-refractivity contribution is 7.90. The van der Waals surface area contributed by atoms with Crippen LogP contribution in [0.2, 0.25) is 0 Å². The molecular formula is C23H37N3O3S. The lowest BCUT2D eigenvalue weighted by Gasteiger charge is -2.36. The van der Waals surface area contributed by atoms with Crippen LogP contribution < -0.4 is 14.9 Å². The van der Waals surface area contributed by atoms with Crippen LogP contribution in [0.25, 0.3) is 0 Å². The average Bonchev–Trinajstić information content (AvgIpc) is 2.68. The number of nitrogens with zero attached hydrogens (tertiary/aromatic N) is 1. The van der Waals surface area contributed by atoms with Crippen molar-refractivity contribution >= 4 is 27.3 Å². The minimum absolute atomic E-state index is 0.0353. The smallest absolute Gasteiger partial charge is 0.227 e. The van der Waals surface area contributed by atoms with Crippen molar-refractivity contribution in [3.05, 3.63) is 24.3 Å². The maximum atomic E-state index is 12.7. The van der Waals surface area contributed by atoms with E-state index in [9.17, 15) is 13.2 Å². The van der Waals surface area contributed by atoms with Gasteiger partial charge in [0.1, 0.15) is 0 Å². The maximum absolute atomic E-state index is 12.7. The van der Waals surface area contributed by atoms with Gasteiger partial charge in [-0.2, -0.15) is 0 Å². The van der Waals surface area contributed by atoms with Crippen LogP contribution in [0, 0.1) is 17.8 Å². The second-order valence-electron chi connectivity index (χ2n) is 9.65. The average molecular weight is 436 g/mol. The van der Waals surface area contributed by atoms with Gasteiger partial charge in [0, 0.05) is 36.4 Å². The summed E-state index contributed by atoms with van der Waals surface area (Å²) in [5.41, 5.74) is 2.04. The molecule has 1 aromatic rings. The van der Waals surface area contributed by atoms with Gasteiger partial charge in [0.15, 0.2) is 0 Å². The van der Waals surface area contributed by atoms with Crippen LogP contribution in [-0.4, -0.2) is 38.7 Å². The topological polar surface area (TPSA) is 78.5 Å². The summed E-state index contributed by atoms with van der Waals surface area (Å²) in [7, 11) is -3.26. The molecule has 1 aliphatic heterocycles. The van der Waals surface area contributed by atoms with E-state index in [-0.39, 0.29) is 17.9 Å². The van der Waals surface area contributed by atoms with Crippen molar-refractivity contribution in [2.24, 2.45) is 17.8 Å². The fourth-order valence-electron chi connectivity index (χ4n) is 4.72. The zero-order chi connectivity index (χ0) is 21.9. The molecule has 0 spiro atoms. The molecule has 2 N–H and O–H groups in total. The Balaban J connectivity index is 1.50. The largest absolute Gasteiger partial charge is 0.371 e. The van der Waals surface area contributed by atoms with E-state index in [1.807, 2.05) is 12.1 Å². The Morgan fingerprint density at radius 2 is 1.57 bits per heavy atom.